The van der Waals surface area contributed by atoms with Gasteiger partial charge in [0.2, 0.25) is 0 Å². The van der Waals surface area contributed by atoms with E-state index >= 15 is 0 Å². The zero-order chi connectivity index (χ0) is 42.7. The van der Waals surface area contributed by atoms with Crippen LogP contribution in [0.25, 0.3) is 43.8 Å². The second-order valence-electron chi connectivity index (χ2n) is 13.5. The zero-order valence-corrected chi connectivity index (χ0v) is 31.8. The molecule has 0 bridgehead atoms. The Labute approximate surface area is 334 Å². The Morgan fingerprint density at radius 1 is 0.475 bits per heavy atom. The molecule has 0 aliphatic rings. The Hall–Kier alpha value is -6.14. The van der Waals surface area contributed by atoms with E-state index < -0.39 is 36.0 Å². The lowest BCUT2D eigenvalue weighted by Crippen LogP contribution is -2.08. The molecule has 59 heavy (non-hydrogen) atoms. The van der Waals surface area contributed by atoms with Crippen molar-refractivity contribution < 1.29 is 53.4 Å². The highest BCUT2D eigenvalue weighted by Crippen LogP contribution is 2.33. The van der Waals surface area contributed by atoms with Crippen LogP contribution in [-0.4, -0.2) is 12.7 Å². The maximum Gasteiger partial charge on any atom is 0.581 e. The van der Waals surface area contributed by atoms with Crippen molar-refractivity contribution in [1.82, 2.24) is 0 Å². The molecule has 0 unspecified atom stereocenters. The van der Waals surface area contributed by atoms with E-state index in [2.05, 4.69) is 28.2 Å². The van der Waals surface area contributed by atoms with Gasteiger partial charge in [-0.05, 0) is 130 Å². The second-order valence-corrected chi connectivity index (χ2v) is 13.5. The summed E-state index contributed by atoms with van der Waals surface area (Å²) in [6.07, 6.45) is -0.564. The zero-order valence-electron chi connectivity index (χ0n) is 31.8. The van der Waals surface area contributed by atoms with Gasteiger partial charge in [0.25, 0.3) is 0 Å². The minimum Gasteiger partial charge on any atom is -0.352 e. The van der Waals surface area contributed by atoms with Gasteiger partial charge in [0.05, 0.1) is 11.1 Å². The van der Waals surface area contributed by atoms with Crippen molar-refractivity contribution in [3.05, 3.63) is 143 Å². The van der Waals surface area contributed by atoms with Crippen LogP contribution >= 0.6 is 0 Å². The van der Waals surface area contributed by atoms with Crippen molar-refractivity contribution in [3.63, 3.8) is 0 Å². The van der Waals surface area contributed by atoms with Crippen LogP contribution in [0, 0.1) is 47.3 Å². The average molecular weight is 823 g/mol. The van der Waals surface area contributed by atoms with E-state index in [1.807, 2.05) is 6.92 Å². The summed E-state index contributed by atoms with van der Waals surface area (Å²) in [4.78, 5) is 0. The summed E-state index contributed by atoms with van der Waals surface area (Å²) in [5.41, 5.74) is 2.26. The first kappa shape index (κ1) is 44.0. The molecule has 0 saturated heterocycles. The van der Waals surface area contributed by atoms with Crippen molar-refractivity contribution in [1.29, 1.82) is 0 Å². The number of rotatable bonds is 9. The van der Waals surface area contributed by atoms with E-state index in [1.54, 1.807) is 72.9 Å². The molecule has 0 saturated carbocycles. The third kappa shape index (κ3) is 12.2. The minimum atomic E-state index is -4.84. The third-order valence-electron chi connectivity index (χ3n) is 9.13. The molecule has 6 aromatic carbocycles. The summed E-state index contributed by atoms with van der Waals surface area (Å²) in [5.74, 6) is 2.05. The Kier molecular flexibility index (Phi) is 14.6. The third-order valence-corrected chi connectivity index (χ3v) is 9.13. The standard InChI is InChI=1S/C24H19F5O.C23H17F5O/c1-2-3-4-6-16-13-21(25)23(22(26)14-16)19-9-10-20-17(7-5-8-18(20)15-19)11-12-30-24(27,28)29;1-2-3-5-15-12-20(24)22(21(25)13-15)18-8-9-19-16(6-4-7-17(19)14-18)10-11-29-23(26,27)28/h5,7-10,13-15H,2-4,6H2,1H3;4,6-9,12-14H,2-3,5H2,1H3. The van der Waals surface area contributed by atoms with Crippen LogP contribution in [0.3, 0.4) is 0 Å². The molecular formula is C47H36F10O2. The normalized spacial score (nSPS) is 11.3. The van der Waals surface area contributed by atoms with Gasteiger partial charge in [0.15, 0.2) is 0 Å². The van der Waals surface area contributed by atoms with Gasteiger partial charge in [0.1, 0.15) is 35.5 Å². The lowest BCUT2D eigenvalue weighted by atomic mass is 9.96. The molecule has 0 atom stereocenters. The minimum absolute atomic E-state index is 0.131. The van der Waals surface area contributed by atoms with Gasteiger partial charge < -0.3 is 9.47 Å². The maximum atomic E-state index is 14.7. The molecule has 2 nitrogen and oxygen atoms in total. The van der Waals surface area contributed by atoms with Gasteiger partial charge in [-0.1, -0.05) is 81.6 Å². The number of alkyl halides is 6. The molecule has 0 aliphatic carbocycles. The highest BCUT2D eigenvalue weighted by atomic mass is 19.4. The van der Waals surface area contributed by atoms with Crippen LogP contribution in [0.5, 0.6) is 0 Å². The summed E-state index contributed by atoms with van der Waals surface area (Å²) in [6, 6.07) is 24.4. The number of hydrogen-bond acceptors (Lipinski definition) is 2. The molecule has 0 aromatic heterocycles. The van der Waals surface area contributed by atoms with Crippen molar-refractivity contribution in [2.75, 3.05) is 0 Å². The first-order valence-corrected chi connectivity index (χ1v) is 18.6. The fourth-order valence-electron chi connectivity index (χ4n) is 6.42. The van der Waals surface area contributed by atoms with Crippen LogP contribution < -0.4 is 0 Å². The Morgan fingerprint density at radius 2 is 0.864 bits per heavy atom. The predicted octanol–water partition coefficient (Wildman–Crippen LogP) is 14.3. The fraction of sp³-hybridized carbons (Fsp3) is 0.234. The number of fused-ring (bicyclic) bond motifs is 2. The summed E-state index contributed by atoms with van der Waals surface area (Å²) >= 11 is 0. The number of halogens is 10. The first-order valence-electron chi connectivity index (χ1n) is 18.6. The Morgan fingerprint density at radius 3 is 1.24 bits per heavy atom. The van der Waals surface area contributed by atoms with Crippen molar-refractivity contribution in [2.45, 2.75) is 71.5 Å². The predicted molar refractivity (Wildman–Crippen MR) is 208 cm³/mol. The van der Waals surface area contributed by atoms with Crippen LogP contribution in [0.15, 0.2) is 97.1 Å². The largest absolute Gasteiger partial charge is 0.581 e. The average Bonchev–Trinajstić information content (AvgIpc) is 3.16. The van der Waals surface area contributed by atoms with Gasteiger partial charge in [-0.25, -0.2) is 17.6 Å². The highest BCUT2D eigenvalue weighted by molar-refractivity contribution is 5.93. The number of hydrogen-bond donors (Lipinski definition) is 0. The lowest BCUT2D eigenvalue weighted by molar-refractivity contribution is -0.292. The smallest absolute Gasteiger partial charge is 0.352 e. The molecule has 6 rings (SSSR count). The topological polar surface area (TPSA) is 18.5 Å². The molecular weight excluding hydrogens is 786 g/mol. The van der Waals surface area contributed by atoms with Gasteiger partial charge in [-0.15, -0.1) is 26.3 Å². The lowest BCUT2D eigenvalue weighted by Gasteiger charge is -2.10. The molecule has 0 aliphatic heterocycles. The molecule has 0 N–H and O–H groups in total. The summed E-state index contributed by atoms with van der Waals surface area (Å²) in [6.45, 7) is 4.06. The number of benzene rings is 6. The summed E-state index contributed by atoms with van der Waals surface area (Å²) in [5, 5.41) is 2.29. The van der Waals surface area contributed by atoms with E-state index in [0.29, 0.717) is 67.8 Å². The van der Waals surface area contributed by atoms with E-state index in [9.17, 15) is 43.9 Å². The molecule has 0 fully saturated rings. The van der Waals surface area contributed by atoms with E-state index in [1.165, 1.54) is 36.4 Å². The van der Waals surface area contributed by atoms with Gasteiger partial charge >= 0.3 is 12.7 Å². The Balaban J connectivity index is 0.000000224. The molecule has 0 radical (unpaired) electrons. The monoisotopic (exact) mass is 822 g/mol. The van der Waals surface area contributed by atoms with Crippen LogP contribution in [0.4, 0.5) is 43.9 Å². The molecule has 0 spiro atoms. The first-order chi connectivity index (χ1) is 28.1. The fourth-order valence-corrected chi connectivity index (χ4v) is 6.42. The van der Waals surface area contributed by atoms with E-state index in [-0.39, 0.29) is 11.1 Å². The number of aryl methyl sites for hydroxylation is 2. The van der Waals surface area contributed by atoms with Crippen LogP contribution in [-0.2, 0) is 22.3 Å². The number of ether oxygens (including phenoxy) is 2. The van der Waals surface area contributed by atoms with Crippen molar-refractivity contribution in [2.24, 2.45) is 0 Å². The van der Waals surface area contributed by atoms with Crippen LogP contribution in [0.2, 0.25) is 0 Å². The SMILES string of the molecule is CCCCCc1cc(F)c(-c2ccc3c(C#COC(F)(F)F)cccc3c2)c(F)c1.CCCCc1cc(F)c(-c2ccc3c(C#COC(F)(F)F)cccc3c2)c(F)c1. The summed E-state index contributed by atoms with van der Waals surface area (Å²) in [7, 11) is 0. The molecule has 306 valence electrons. The highest BCUT2D eigenvalue weighted by Gasteiger charge is 2.30. The molecule has 0 amide bonds. The molecule has 12 heteroatoms. The van der Waals surface area contributed by atoms with E-state index in [0.717, 1.165) is 32.1 Å². The van der Waals surface area contributed by atoms with Gasteiger partial charge in [-0.3, -0.25) is 0 Å². The van der Waals surface area contributed by atoms with Gasteiger partial charge in [-0.2, -0.15) is 0 Å². The summed E-state index contributed by atoms with van der Waals surface area (Å²) < 4.78 is 138. The van der Waals surface area contributed by atoms with Crippen molar-refractivity contribution in [3.8, 4) is 46.3 Å². The van der Waals surface area contributed by atoms with Gasteiger partial charge in [0, 0.05) is 11.1 Å². The van der Waals surface area contributed by atoms with Crippen molar-refractivity contribution >= 4 is 21.5 Å². The Bertz CT molecular complexity index is 2510. The maximum absolute atomic E-state index is 14.7. The quantitative estimate of drug-likeness (QED) is 0.0822. The second kappa shape index (κ2) is 19.5. The van der Waals surface area contributed by atoms with Crippen LogP contribution in [0.1, 0.15) is 68.2 Å². The number of unbranched alkanes of at least 4 members (excludes halogenated alkanes) is 3. The van der Waals surface area contributed by atoms with E-state index in [4.69, 9.17) is 0 Å². The molecule has 0 heterocycles. The molecule has 6 aromatic rings.